The van der Waals surface area contributed by atoms with E-state index in [-0.39, 0.29) is 13.0 Å². The van der Waals surface area contributed by atoms with Crippen LogP contribution in [0, 0.1) is 0 Å². The Labute approximate surface area is 221 Å². The summed E-state index contributed by atoms with van der Waals surface area (Å²) in [5.74, 6) is -2.38. The molecular weight excluding hydrogens is 484 g/mol. The van der Waals surface area contributed by atoms with Crippen LogP contribution in [0.3, 0.4) is 0 Å². The maximum Gasteiger partial charge on any atom is 0.329 e. The minimum absolute atomic E-state index is 0.0685. The fourth-order valence-electron chi connectivity index (χ4n) is 3.68. The van der Waals surface area contributed by atoms with Crippen molar-refractivity contribution in [2.24, 2.45) is 5.73 Å². The van der Waals surface area contributed by atoms with Gasteiger partial charge >= 0.3 is 5.97 Å². The Hall–Kier alpha value is -4.50. The number of carbonyl (C=O) groups is 4. The molecule has 0 saturated heterocycles. The minimum atomic E-state index is -0.954. The van der Waals surface area contributed by atoms with Crippen molar-refractivity contribution < 1.29 is 23.9 Å². The van der Waals surface area contributed by atoms with E-state index in [0.29, 0.717) is 6.42 Å². The second-order valence-electron chi connectivity index (χ2n) is 8.72. The molecule has 198 valence electrons. The molecule has 38 heavy (non-hydrogen) atoms. The first-order valence-corrected chi connectivity index (χ1v) is 12.3. The van der Waals surface area contributed by atoms with Gasteiger partial charge in [-0.3, -0.25) is 14.4 Å². The Morgan fingerprint density at radius 3 is 1.76 bits per heavy atom. The number of rotatable bonds is 13. The molecule has 3 aromatic carbocycles. The number of nitrogens with one attached hydrogen (secondary N) is 3. The lowest BCUT2D eigenvalue weighted by molar-refractivity contribution is -0.149. The topological polar surface area (TPSA) is 140 Å². The summed E-state index contributed by atoms with van der Waals surface area (Å²) >= 11 is 0. The van der Waals surface area contributed by atoms with Crippen LogP contribution in [-0.2, 0) is 43.4 Å². The summed E-state index contributed by atoms with van der Waals surface area (Å²) in [6.07, 6.45) is -0.500. The first-order chi connectivity index (χ1) is 18.4. The third-order valence-electron chi connectivity index (χ3n) is 5.54. The molecular formula is C29H32N4O5. The molecule has 0 aliphatic heterocycles. The van der Waals surface area contributed by atoms with Crippen LogP contribution in [0.15, 0.2) is 91.0 Å². The van der Waals surface area contributed by atoms with E-state index in [1.807, 2.05) is 91.0 Å². The monoisotopic (exact) mass is 516 g/mol. The summed E-state index contributed by atoms with van der Waals surface area (Å²) in [4.78, 5) is 49.7. The summed E-state index contributed by atoms with van der Waals surface area (Å²) < 4.78 is 5.42. The third-order valence-corrected chi connectivity index (χ3v) is 5.54. The minimum Gasteiger partial charge on any atom is -0.459 e. The first-order valence-electron chi connectivity index (χ1n) is 12.3. The maximum absolute atomic E-state index is 12.8. The lowest BCUT2D eigenvalue weighted by atomic mass is 10.1. The number of nitrogens with two attached hydrogens (primary N) is 1. The van der Waals surface area contributed by atoms with Crippen molar-refractivity contribution in [1.82, 2.24) is 16.0 Å². The normalized spacial score (nSPS) is 12.0. The van der Waals surface area contributed by atoms with Gasteiger partial charge in [0.2, 0.25) is 17.7 Å². The van der Waals surface area contributed by atoms with Gasteiger partial charge in [-0.15, -0.1) is 0 Å². The van der Waals surface area contributed by atoms with Crippen LogP contribution in [0.5, 0.6) is 0 Å². The van der Waals surface area contributed by atoms with Crippen molar-refractivity contribution >= 4 is 23.7 Å². The van der Waals surface area contributed by atoms with Crippen LogP contribution in [0.4, 0.5) is 0 Å². The molecule has 0 spiro atoms. The molecule has 3 aromatic rings. The highest BCUT2D eigenvalue weighted by Gasteiger charge is 2.23. The predicted molar refractivity (Wildman–Crippen MR) is 142 cm³/mol. The van der Waals surface area contributed by atoms with Gasteiger partial charge in [-0.05, 0) is 16.7 Å². The van der Waals surface area contributed by atoms with Gasteiger partial charge < -0.3 is 26.4 Å². The highest BCUT2D eigenvalue weighted by atomic mass is 16.5. The highest BCUT2D eigenvalue weighted by Crippen LogP contribution is 2.07. The summed E-state index contributed by atoms with van der Waals surface area (Å²) in [5.41, 5.74) is 8.55. The van der Waals surface area contributed by atoms with Crippen LogP contribution < -0.4 is 21.7 Å². The average molecular weight is 517 g/mol. The van der Waals surface area contributed by atoms with Gasteiger partial charge in [-0.25, -0.2) is 4.79 Å². The fraction of sp³-hybridized carbons (Fsp3) is 0.241. The SMILES string of the molecule is N[C@@H](Cc1ccccc1)NC(=O)CC(=O)NCC(=O)N[C@@H](Cc1ccccc1)C(=O)OCc1ccccc1. The van der Waals surface area contributed by atoms with Gasteiger partial charge in [0.15, 0.2) is 0 Å². The number of hydrogen-bond donors (Lipinski definition) is 4. The molecule has 0 unspecified atom stereocenters. The second-order valence-corrected chi connectivity index (χ2v) is 8.72. The van der Waals surface area contributed by atoms with Crippen LogP contribution in [0.1, 0.15) is 23.1 Å². The van der Waals surface area contributed by atoms with E-state index in [1.165, 1.54) is 0 Å². The van der Waals surface area contributed by atoms with E-state index in [2.05, 4.69) is 16.0 Å². The molecule has 3 amide bonds. The van der Waals surface area contributed by atoms with Crippen molar-refractivity contribution in [3.05, 3.63) is 108 Å². The number of ether oxygens (including phenoxy) is 1. The van der Waals surface area contributed by atoms with Crippen molar-refractivity contribution in [2.45, 2.75) is 38.1 Å². The number of esters is 1. The lowest BCUT2D eigenvalue weighted by Crippen LogP contribution is -2.48. The van der Waals surface area contributed by atoms with E-state index in [1.54, 1.807) is 0 Å². The van der Waals surface area contributed by atoms with Crippen molar-refractivity contribution in [2.75, 3.05) is 6.54 Å². The molecule has 9 heteroatoms. The number of hydrogen-bond acceptors (Lipinski definition) is 6. The van der Waals surface area contributed by atoms with Gasteiger partial charge in [-0.2, -0.15) is 0 Å². The average Bonchev–Trinajstić information content (AvgIpc) is 2.91. The Morgan fingerprint density at radius 2 is 1.18 bits per heavy atom. The molecule has 0 saturated carbocycles. The summed E-state index contributed by atoms with van der Waals surface area (Å²) in [6.45, 7) is -0.335. The van der Waals surface area contributed by atoms with E-state index in [9.17, 15) is 19.2 Å². The first kappa shape index (κ1) is 28.1. The van der Waals surface area contributed by atoms with Crippen LogP contribution in [0.2, 0.25) is 0 Å². The maximum atomic E-state index is 12.8. The number of carbonyl (C=O) groups excluding carboxylic acids is 4. The van der Waals surface area contributed by atoms with Gasteiger partial charge in [0.25, 0.3) is 0 Å². The zero-order valence-electron chi connectivity index (χ0n) is 21.0. The molecule has 2 atom stereocenters. The summed E-state index contributed by atoms with van der Waals surface area (Å²) in [7, 11) is 0. The zero-order chi connectivity index (χ0) is 27.2. The molecule has 3 rings (SSSR count). The second kappa shape index (κ2) is 14.9. The van der Waals surface area contributed by atoms with Crippen molar-refractivity contribution in [1.29, 1.82) is 0 Å². The molecule has 0 heterocycles. The van der Waals surface area contributed by atoms with E-state index >= 15 is 0 Å². The molecule has 0 aliphatic carbocycles. The number of benzene rings is 3. The van der Waals surface area contributed by atoms with Crippen LogP contribution in [0.25, 0.3) is 0 Å². The van der Waals surface area contributed by atoms with Gasteiger partial charge in [-0.1, -0.05) is 91.0 Å². The van der Waals surface area contributed by atoms with Crippen molar-refractivity contribution in [3.8, 4) is 0 Å². The molecule has 5 N–H and O–H groups in total. The Kier molecular flexibility index (Phi) is 11.0. The molecule has 9 nitrogen and oxygen atoms in total. The molecule has 0 aromatic heterocycles. The molecule has 0 radical (unpaired) electrons. The third kappa shape index (κ3) is 10.2. The quantitative estimate of drug-likeness (QED) is 0.155. The van der Waals surface area contributed by atoms with E-state index in [4.69, 9.17) is 10.5 Å². The van der Waals surface area contributed by atoms with Crippen molar-refractivity contribution in [3.63, 3.8) is 0 Å². The predicted octanol–water partition coefficient (Wildman–Crippen LogP) is 1.61. The largest absolute Gasteiger partial charge is 0.459 e. The standard InChI is InChI=1S/C29H32N4O5/c30-25(17-22-12-6-2-7-13-22)33-27(35)18-26(34)31-19-28(36)32-24(16-21-10-4-1-5-11-21)29(37)38-20-23-14-8-3-9-15-23/h1-15,24-25H,16-20,30H2,(H,31,34)(H,32,36)(H,33,35)/t24-,25+/m0/s1. The Balaban J connectivity index is 1.46. The Bertz CT molecular complexity index is 1190. The van der Waals surface area contributed by atoms with Gasteiger partial charge in [0.1, 0.15) is 19.1 Å². The summed E-state index contributed by atoms with van der Waals surface area (Å²) in [5, 5.41) is 7.58. The zero-order valence-corrected chi connectivity index (χ0v) is 21.0. The van der Waals surface area contributed by atoms with Gasteiger partial charge in [0.05, 0.1) is 12.7 Å². The van der Waals surface area contributed by atoms with E-state index < -0.39 is 48.9 Å². The molecule has 0 fully saturated rings. The Morgan fingerprint density at radius 1 is 0.658 bits per heavy atom. The van der Waals surface area contributed by atoms with Crippen LogP contribution >= 0.6 is 0 Å². The highest BCUT2D eigenvalue weighted by molar-refractivity contribution is 5.98. The molecule has 0 aliphatic rings. The molecule has 0 bridgehead atoms. The van der Waals surface area contributed by atoms with Crippen LogP contribution in [-0.4, -0.2) is 42.4 Å². The number of amides is 3. The lowest BCUT2D eigenvalue weighted by Gasteiger charge is -2.18. The fourth-order valence-corrected chi connectivity index (χ4v) is 3.68. The smallest absolute Gasteiger partial charge is 0.329 e. The van der Waals surface area contributed by atoms with Gasteiger partial charge in [0, 0.05) is 12.8 Å². The van der Waals surface area contributed by atoms with E-state index in [0.717, 1.165) is 16.7 Å². The summed E-state index contributed by atoms with van der Waals surface area (Å²) in [6, 6.07) is 26.8.